The first-order chi connectivity index (χ1) is 14.3. The second kappa shape index (κ2) is 38.0. The van der Waals surface area contributed by atoms with Gasteiger partial charge in [-0.05, 0) is 38.5 Å². The normalized spacial score (nSPS) is 9.09. The SMILES string of the molecule is CCCCCCCC(=O)[O-].CCCCCCCC(=O)[O-].CCCCCCCC(=O)[O-].O.[Nd+3]. The van der Waals surface area contributed by atoms with Crippen molar-refractivity contribution in [1.29, 1.82) is 0 Å². The first-order valence-corrected chi connectivity index (χ1v) is 11.9. The molecule has 0 aliphatic carbocycles. The predicted molar refractivity (Wildman–Crippen MR) is 119 cm³/mol. The first-order valence-electron chi connectivity index (χ1n) is 11.9. The maximum absolute atomic E-state index is 9.92. The molecule has 2 N–H and O–H groups in total. The Hall–Kier alpha value is -0.279. The Labute approximate surface area is 229 Å². The van der Waals surface area contributed by atoms with Gasteiger partial charge in [-0.25, -0.2) is 0 Å². The van der Waals surface area contributed by atoms with E-state index in [1.54, 1.807) is 0 Å². The number of hydrogen-bond acceptors (Lipinski definition) is 6. The van der Waals surface area contributed by atoms with Gasteiger partial charge < -0.3 is 35.2 Å². The van der Waals surface area contributed by atoms with E-state index in [-0.39, 0.29) is 65.6 Å². The Morgan fingerprint density at radius 2 is 0.625 bits per heavy atom. The Balaban J connectivity index is -0.000000110. The molecule has 0 rings (SSSR count). The van der Waals surface area contributed by atoms with Crippen LogP contribution in [0.5, 0.6) is 0 Å². The second-order valence-corrected chi connectivity index (χ2v) is 7.61. The number of hydrogen-bond donors (Lipinski definition) is 0. The van der Waals surface area contributed by atoms with Gasteiger partial charge in [0.15, 0.2) is 0 Å². The average molecular weight is 592 g/mol. The molecule has 0 aromatic heterocycles. The fraction of sp³-hybridized carbons (Fsp3) is 0.875. The number of carbonyl (C=O) groups excluding carboxylic acids is 3. The van der Waals surface area contributed by atoms with Crippen LogP contribution < -0.4 is 15.3 Å². The summed E-state index contributed by atoms with van der Waals surface area (Å²) in [5.41, 5.74) is 0. The molecule has 0 aromatic rings. The van der Waals surface area contributed by atoms with Gasteiger partial charge in [0, 0.05) is 17.9 Å². The average Bonchev–Trinajstić information content (AvgIpc) is 2.68. The van der Waals surface area contributed by atoms with Gasteiger partial charge in [-0.3, -0.25) is 0 Å². The minimum Gasteiger partial charge on any atom is -0.550 e. The van der Waals surface area contributed by atoms with Crippen LogP contribution in [0.3, 0.4) is 0 Å². The Bertz CT molecular complexity index is 333. The third kappa shape index (κ3) is 57.1. The number of carboxylic acids is 3. The minimum atomic E-state index is -0.920. The van der Waals surface area contributed by atoms with E-state index in [1.165, 1.54) is 38.5 Å². The van der Waals surface area contributed by atoms with E-state index in [9.17, 15) is 29.7 Å². The molecule has 0 saturated carbocycles. The molecule has 0 saturated heterocycles. The van der Waals surface area contributed by atoms with E-state index in [1.807, 2.05) is 0 Å². The molecular formula is C24H47NdO7. The molecule has 32 heavy (non-hydrogen) atoms. The maximum atomic E-state index is 9.92. The van der Waals surface area contributed by atoms with Crippen molar-refractivity contribution in [2.75, 3.05) is 0 Å². The smallest absolute Gasteiger partial charge is 0.550 e. The van der Waals surface area contributed by atoms with Crippen molar-refractivity contribution in [3.05, 3.63) is 0 Å². The molecule has 1 radical (unpaired) electrons. The fourth-order valence-electron chi connectivity index (χ4n) is 2.62. The molecule has 189 valence electrons. The number of unbranched alkanes of at least 4 members (excludes halogenated alkanes) is 12. The summed E-state index contributed by atoms with van der Waals surface area (Å²) in [7, 11) is 0. The molecule has 0 aliphatic heterocycles. The van der Waals surface area contributed by atoms with Crippen molar-refractivity contribution in [3.8, 4) is 0 Å². The van der Waals surface area contributed by atoms with Crippen LogP contribution in [-0.4, -0.2) is 23.4 Å². The van der Waals surface area contributed by atoms with Crippen molar-refractivity contribution < 1.29 is 76.0 Å². The van der Waals surface area contributed by atoms with Crippen LogP contribution >= 0.6 is 0 Å². The van der Waals surface area contributed by atoms with Gasteiger partial charge >= 0.3 is 40.8 Å². The molecule has 0 heterocycles. The molecule has 0 spiro atoms. The maximum Gasteiger partial charge on any atom is 3.00 e. The van der Waals surface area contributed by atoms with E-state index in [4.69, 9.17) is 0 Å². The third-order valence-electron chi connectivity index (χ3n) is 4.45. The van der Waals surface area contributed by atoms with Crippen LogP contribution in [0.1, 0.15) is 136 Å². The van der Waals surface area contributed by atoms with E-state index < -0.39 is 17.9 Å². The Morgan fingerprint density at radius 3 is 0.781 bits per heavy atom. The Morgan fingerprint density at radius 1 is 0.438 bits per heavy atom. The molecule has 0 aromatic carbocycles. The summed E-state index contributed by atoms with van der Waals surface area (Å²) >= 11 is 0. The van der Waals surface area contributed by atoms with Gasteiger partial charge in [0.05, 0.1) is 0 Å². The van der Waals surface area contributed by atoms with Crippen LogP contribution in [0, 0.1) is 40.8 Å². The fourth-order valence-corrected chi connectivity index (χ4v) is 2.62. The van der Waals surface area contributed by atoms with Crippen molar-refractivity contribution >= 4 is 17.9 Å². The van der Waals surface area contributed by atoms with Gasteiger partial charge in [-0.15, -0.1) is 0 Å². The van der Waals surface area contributed by atoms with Crippen molar-refractivity contribution in [2.24, 2.45) is 0 Å². The third-order valence-corrected chi connectivity index (χ3v) is 4.45. The molecule has 0 fully saturated rings. The summed E-state index contributed by atoms with van der Waals surface area (Å²) in [5.74, 6) is -2.76. The number of carboxylic acid groups (broad SMARTS) is 3. The number of aliphatic carboxylic acids is 3. The second-order valence-electron chi connectivity index (χ2n) is 7.61. The van der Waals surface area contributed by atoms with Crippen LogP contribution in [0.2, 0.25) is 0 Å². The van der Waals surface area contributed by atoms with E-state index in [0.717, 1.165) is 57.8 Å². The van der Waals surface area contributed by atoms with Crippen LogP contribution in [0.15, 0.2) is 0 Å². The molecule has 0 aliphatic rings. The summed E-state index contributed by atoms with van der Waals surface area (Å²) in [5, 5.41) is 29.8. The number of rotatable bonds is 18. The van der Waals surface area contributed by atoms with Gasteiger partial charge in [0.1, 0.15) is 0 Å². The molecule has 0 bridgehead atoms. The van der Waals surface area contributed by atoms with E-state index in [0.29, 0.717) is 0 Å². The summed E-state index contributed by atoms with van der Waals surface area (Å²) < 4.78 is 0. The quantitative estimate of drug-likeness (QED) is 0.223. The van der Waals surface area contributed by atoms with Gasteiger partial charge in [-0.2, -0.15) is 0 Å². The summed E-state index contributed by atoms with van der Waals surface area (Å²) in [4.78, 5) is 29.8. The molecule has 0 amide bonds. The van der Waals surface area contributed by atoms with Crippen molar-refractivity contribution in [1.82, 2.24) is 0 Å². The Kier molecular flexibility index (Phi) is 49.8. The summed E-state index contributed by atoms with van der Waals surface area (Å²) in [6.07, 6.45) is 16.8. The van der Waals surface area contributed by atoms with E-state index >= 15 is 0 Å². The molecular weight excluding hydrogens is 544 g/mol. The van der Waals surface area contributed by atoms with Crippen molar-refractivity contribution in [3.63, 3.8) is 0 Å². The summed E-state index contributed by atoms with van der Waals surface area (Å²) in [6.45, 7) is 6.41. The monoisotopic (exact) mass is 589 g/mol. The molecule has 0 unspecified atom stereocenters. The van der Waals surface area contributed by atoms with Crippen LogP contribution in [0.4, 0.5) is 0 Å². The molecule has 7 nitrogen and oxygen atoms in total. The van der Waals surface area contributed by atoms with E-state index in [2.05, 4.69) is 20.8 Å². The number of carbonyl (C=O) groups is 3. The van der Waals surface area contributed by atoms with Crippen molar-refractivity contribution in [2.45, 2.75) is 136 Å². The predicted octanol–water partition coefficient (Wildman–Crippen LogP) is 2.47. The molecule has 8 heteroatoms. The van der Waals surface area contributed by atoms with Crippen LogP contribution in [-0.2, 0) is 14.4 Å². The zero-order chi connectivity index (χ0) is 23.5. The zero-order valence-corrected chi connectivity index (χ0v) is 23.9. The van der Waals surface area contributed by atoms with Gasteiger partial charge in [-0.1, -0.05) is 97.8 Å². The zero-order valence-electron chi connectivity index (χ0n) is 20.7. The van der Waals surface area contributed by atoms with Gasteiger partial charge in [0.25, 0.3) is 0 Å². The minimum absolute atomic E-state index is 0. The summed E-state index contributed by atoms with van der Waals surface area (Å²) in [6, 6.07) is 0. The van der Waals surface area contributed by atoms with Gasteiger partial charge in [0.2, 0.25) is 0 Å². The topological polar surface area (TPSA) is 152 Å². The first kappa shape index (κ1) is 41.9. The molecule has 0 atom stereocenters. The largest absolute Gasteiger partial charge is 3.00 e. The van der Waals surface area contributed by atoms with Crippen LogP contribution in [0.25, 0.3) is 0 Å². The standard InChI is InChI=1S/3C8H16O2.Nd.H2O/c3*1-2-3-4-5-6-7-8(9)10;;/h3*2-7H2,1H3,(H,9,10);;1H2/q;;;+3;/p-3.